The number of hydrogen-bond donors (Lipinski definition) is 1. The summed E-state index contributed by atoms with van der Waals surface area (Å²) in [6.07, 6.45) is 3.49. The number of pyridine rings is 1. The molecule has 4 heterocycles. The van der Waals surface area contributed by atoms with E-state index in [1.54, 1.807) is 18.1 Å². The van der Waals surface area contributed by atoms with Crippen LogP contribution in [0.25, 0.3) is 33.5 Å². The molecule has 5 rings (SSSR count). The summed E-state index contributed by atoms with van der Waals surface area (Å²) in [4.78, 5) is 29.6. The molecule has 0 aliphatic carbocycles. The summed E-state index contributed by atoms with van der Waals surface area (Å²) >= 11 is 0. The van der Waals surface area contributed by atoms with Gasteiger partial charge in [-0.3, -0.25) is 14.6 Å². The molecule has 9 heteroatoms. The van der Waals surface area contributed by atoms with Crippen LogP contribution in [0.4, 0.5) is 0 Å². The van der Waals surface area contributed by atoms with E-state index in [9.17, 15) is 4.79 Å². The smallest absolute Gasteiger partial charge is 0.273 e. The zero-order chi connectivity index (χ0) is 24.0. The molecule has 34 heavy (non-hydrogen) atoms. The van der Waals surface area contributed by atoms with Crippen molar-refractivity contribution in [1.82, 2.24) is 39.8 Å². The molecule has 0 aliphatic heterocycles. The first-order valence-corrected chi connectivity index (χ1v) is 11.2. The number of nitrogens with zero attached hydrogens (tertiary/aromatic N) is 7. The Bertz CT molecular complexity index is 1550. The largest absolute Gasteiger partial charge is 0.336 e. The highest BCUT2D eigenvalue weighted by Crippen LogP contribution is 2.26. The average molecular weight is 455 g/mol. The molecule has 4 aromatic heterocycles. The third-order valence-electron chi connectivity index (χ3n) is 6.14. The summed E-state index contributed by atoms with van der Waals surface area (Å²) in [5.74, 6) is 0.244. The molecular weight excluding hydrogens is 428 g/mol. The van der Waals surface area contributed by atoms with E-state index in [4.69, 9.17) is 15.0 Å². The molecule has 0 radical (unpaired) electrons. The minimum Gasteiger partial charge on any atom is -0.336 e. The maximum atomic E-state index is 13.7. The Balaban J connectivity index is 1.61. The predicted molar refractivity (Wildman–Crippen MR) is 130 cm³/mol. The summed E-state index contributed by atoms with van der Waals surface area (Å²) < 4.78 is 1.93. The Hall–Kier alpha value is -4.14. The Morgan fingerprint density at radius 3 is 2.65 bits per heavy atom. The van der Waals surface area contributed by atoms with Crippen LogP contribution in [0.1, 0.15) is 39.8 Å². The Kier molecular flexibility index (Phi) is 5.31. The lowest BCUT2D eigenvalue weighted by Crippen LogP contribution is -2.28. The van der Waals surface area contributed by atoms with Crippen molar-refractivity contribution >= 4 is 27.8 Å². The molecular formula is C25H26N8O. The Labute approximate surface area is 196 Å². The average Bonchev–Trinajstić information content (AvgIpc) is 3.43. The van der Waals surface area contributed by atoms with Crippen LogP contribution in [-0.4, -0.2) is 52.8 Å². The molecule has 1 amide bonds. The summed E-state index contributed by atoms with van der Waals surface area (Å²) in [7, 11) is 1.79. The molecule has 0 unspecified atom stereocenters. The second-order valence-electron chi connectivity index (χ2n) is 8.61. The van der Waals surface area contributed by atoms with Gasteiger partial charge in [0.05, 0.1) is 23.4 Å². The number of amides is 1. The highest BCUT2D eigenvalue weighted by atomic mass is 16.2. The molecule has 0 aliphatic rings. The van der Waals surface area contributed by atoms with Crippen molar-refractivity contribution in [2.75, 3.05) is 7.05 Å². The van der Waals surface area contributed by atoms with Crippen molar-refractivity contribution in [2.45, 2.75) is 40.8 Å². The molecule has 0 spiro atoms. The van der Waals surface area contributed by atoms with Gasteiger partial charge in [-0.1, -0.05) is 11.6 Å². The molecule has 0 saturated heterocycles. The van der Waals surface area contributed by atoms with Crippen molar-refractivity contribution in [3.05, 3.63) is 64.7 Å². The fraction of sp³-hybridized carbons (Fsp3) is 0.280. The molecule has 0 bridgehead atoms. The number of aromatic nitrogens is 7. The van der Waals surface area contributed by atoms with Gasteiger partial charge in [0.2, 0.25) is 0 Å². The van der Waals surface area contributed by atoms with Gasteiger partial charge in [-0.15, -0.1) is 0 Å². The number of aryl methyl sites for hydroxylation is 3. The first-order valence-electron chi connectivity index (χ1n) is 11.2. The molecule has 1 N–H and O–H groups in total. The summed E-state index contributed by atoms with van der Waals surface area (Å²) in [6, 6.07) is 7.84. The van der Waals surface area contributed by atoms with Crippen LogP contribution < -0.4 is 0 Å². The number of fused-ring (bicyclic) bond motifs is 2. The lowest BCUT2D eigenvalue weighted by Gasteiger charge is -2.18. The first-order chi connectivity index (χ1) is 16.4. The van der Waals surface area contributed by atoms with E-state index in [2.05, 4.69) is 15.3 Å². The molecule has 172 valence electrons. The maximum Gasteiger partial charge on any atom is 0.273 e. The van der Waals surface area contributed by atoms with Gasteiger partial charge in [-0.25, -0.2) is 15.0 Å². The lowest BCUT2D eigenvalue weighted by molar-refractivity contribution is 0.0781. The quantitative estimate of drug-likeness (QED) is 0.431. The van der Waals surface area contributed by atoms with Gasteiger partial charge in [0.25, 0.3) is 5.91 Å². The lowest BCUT2D eigenvalue weighted by atomic mass is 10.1. The van der Waals surface area contributed by atoms with Crippen molar-refractivity contribution in [3.8, 4) is 11.5 Å². The van der Waals surface area contributed by atoms with Crippen LogP contribution in [0.2, 0.25) is 0 Å². The fourth-order valence-electron chi connectivity index (χ4n) is 4.18. The summed E-state index contributed by atoms with van der Waals surface area (Å²) in [5, 5.41) is 12.1. The highest BCUT2D eigenvalue weighted by molar-refractivity contribution is 6.05. The van der Waals surface area contributed by atoms with Crippen LogP contribution in [0, 0.1) is 20.8 Å². The minimum atomic E-state index is -0.176. The molecule has 9 nitrogen and oxygen atoms in total. The van der Waals surface area contributed by atoms with Gasteiger partial charge in [-0.05, 0) is 51.5 Å². The van der Waals surface area contributed by atoms with Gasteiger partial charge in [-0.2, -0.15) is 10.2 Å². The van der Waals surface area contributed by atoms with E-state index >= 15 is 0 Å². The number of benzene rings is 1. The van der Waals surface area contributed by atoms with Gasteiger partial charge in [0, 0.05) is 36.8 Å². The minimum absolute atomic E-state index is 0.176. The number of H-pyrrole nitrogens is 1. The number of carbonyl (C=O) groups is 1. The summed E-state index contributed by atoms with van der Waals surface area (Å²) in [5.41, 5.74) is 7.27. The fourth-order valence-corrected chi connectivity index (χ4v) is 4.18. The monoisotopic (exact) mass is 454 g/mol. The second-order valence-corrected chi connectivity index (χ2v) is 8.61. The summed E-state index contributed by atoms with van der Waals surface area (Å²) in [6.45, 7) is 9.24. The number of hydrogen-bond acceptors (Lipinski definition) is 6. The van der Waals surface area contributed by atoms with Gasteiger partial charge >= 0.3 is 0 Å². The molecule has 0 atom stereocenters. The van der Waals surface area contributed by atoms with Crippen molar-refractivity contribution in [2.24, 2.45) is 0 Å². The maximum absolute atomic E-state index is 13.7. The third-order valence-corrected chi connectivity index (χ3v) is 6.14. The van der Waals surface area contributed by atoms with Crippen LogP contribution in [-0.2, 0) is 13.1 Å². The van der Waals surface area contributed by atoms with Crippen LogP contribution in [0.5, 0.6) is 0 Å². The van der Waals surface area contributed by atoms with E-state index in [1.165, 1.54) is 0 Å². The van der Waals surface area contributed by atoms with Crippen LogP contribution >= 0.6 is 0 Å². The van der Waals surface area contributed by atoms with Crippen molar-refractivity contribution < 1.29 is 4.79 Å². The normalized spacial score (nSPS) is 11.4. The first kappa shape index (κ1) is 21.7. The zero-order valence-electron chi connectivity index (χ0n) is 19.9. The Morgan fingerprint density at radius 2 is 1.88 bits per heavy atom. The predicted octanol–water partition coefficient (Wildman–Crippen LogP) is 3.98. The highest BCUT2D eigenvalue weighted by Gasteiger charge is 2.22. The van der Waals surface area contributed by atoms with E-state index < -0.39 is 0 Å². The third kappa shape index (κ3) is 3.68. The van der Waals surface area contributed by atoms with Crippen molar-refractivity contribution in [3.63, 3.8) is 0 Å². The molecule has 5 aromatic rings. The van der Waals surface area contributed by atoms with E-state index in [0.29, 0.717) is 29.3 Å². The number of carbonyl (C=O) groups excluding carboxylic acids is 1. The SMILES string of the molecule is CCn1ncc(CN(C)C(=O)c2nc(-c3nc4cn[nH]c4cc3C)nc3ccc(C)cc23)c1C. The molecule has 0 fully saturated rings. The zero-order valence-corrected chi connectivity index (χ0v) is 19.9. The number of aromatic amines is 1. The number of rotatable bonds is 5. The number of nitrogens with one attached hydrogen (secondary N) is 1. The standard InChI is InChI=1S/C25H26N8O/c1-6-33-16(4)17(11-27-33)13-32(5)25(34)23-18-9-14(2)7-8-19(18)29-24(30-23)22-15(3)10-20-21(28-22)12-26-31-20/h7-12H,6,13H2,1-5H3,(H,26,31). The van der Waals surface area contributed by atoms with Gasteiger partial charge < -0.3 is 4.90 Å². The van der Waals surface area contributed by atoms with Crippen LogP contribution in [0.15, 0.2) is 36.7 Å². The molecule has 1 aromatic carbocycles. The second kappa shape index (κ2) is 8.33. The topological polar surface area (TPSA) is 105 Å². The van der Waals surface area contributed by atoms with Gasteiger partial charge in [0.15, 0.2) is 5.82 Å². The van der Waals surface area contributed by atoms with Gasteiger partial charge in [0.1, 0.15) is 16.9 Å². The van der Waals surface area contributed by atoms with E-state index in [0.717, 1.165) is 45.3 Å². The molecule has 0 saturated carbocycles. The Morgan fingerprint density at radius 1 is 1.06 bits per heavy atom. The van der Waals surface area contributed by atoms with Crippen LogP contribution in [0.3, 0.4) is 0 Å². The van der Waals surface area contributed by atoms with E-state index in [1.807, 2.05) is 62.8 Å². The van der Waals surface area contributed by atoms with Crippen molar-refractivity contribution in [1.29, 1.82) is 0 Å². The van der Waals surface area contributed by atoms with E-state index in [-0.39, 0.29) is 5.91 Å².